The average molecular weight is 270 g/mol. The molecule has 1 saturated heterocycles. The van der Waals surface area contributed by atoms with Gasteiger partial charge in [0.1, 0.15) is 6.04 Å². The number of hydrogen-bond donors (Lipinski definition) is 1. The highest BCUT2D eigenvalue weighted by molar-refractivity contribution is 5.75. The van der Waals surface area contributed by atoms with Gasteiger partial charge >= 0.3 is 5.97 Å². The maximum Gasteiger partial charge on any atom is 0.323 e. The highest BCUT2D eigenvalue weighted by Gasteiger charge is 2.20. The molecular weight excluding hydrogens is 240 g/mol. The predicted molar refractivity (Wildman–Crippen MR) is 78.2 cm³/mol. The third kappa shape index (κ3) is 6.39. The van der Waals surface area contributed by atoms with Crippen molar-refractivity contribution in [1.82, 2.24) is 10.2 Å². The molecule has 1 aliphatic rings. The minimum Gasteiger partial charge on any atom is -0.465 e. The van der Waals surface area contributed by atoms with Gasteiger partial charge in [-0.3, -0.25) is 4.79 Å². The highest BCUT2D eigenvalue weighted by atomic mass is 16.5. The number of rotatable bonds is 9. The van der Waals surface area contributed by atoms with E-state index in [2.05, 4.69) is 24.1 Å². The predicted octanol–water partition coefficient (Wildman–Crippen LogP) is 2.04. The summed E-state index contributed by atoms with van der Waals surface area (Å²) in [4.78, 5) is 14.3. The molecule has 19 heavy (non-hydrogen) atoms. The van der Waals surface area contributed by atoms with Crippen LogP contribution in [0.2, 0.25) is 0 Å². The highest BCUT2D eigenvalue weighted by Crippen LogP contribution is 2.10. The van der Waals surface area contributed by atoms with Crippen molar-refractivity contribution in [2.24, 2.45) is 5.92 Å². The van der Waals surface area contributed by atoms with E-state index in [1.165, 1.54) is 25.9 Å². The summed E-state index contributed by atoms with van der Waals surface area (Å²) < 4.78 is 5.11. The van der Waals surface area contributed by atoms with Gasteiger partial charge in [-0.25, -0.2) is 0 Å². The summed E-state index contributed by atoms with van der Waals surface area (Å²) in [5.41, 5.74) is 0. The Kier molecular flexibility index (Phi) is 8.07. The molecule has 2 atom stereocenters. The molecule has 1 fully saturated rings. The summed E-state index contributed by atoms with van der Waals surface area (Å²) in [6, 6.07) is -0.133. The lowest BCUT2D eigenvalue weighted by atomic mass is 10.1. The van der Waals surface area contributed by atoms with Gasteiger partial charge in [-0.1, -0.05) is 20.3 Å². The summed E-state index contributed by atoms with van der Waals surface area (Å²) in [5, 5.41) is 3.38. The number of carbonyl (C=O) groups excluding carboxylic acids is 1. The van der Waals surface area contributed by atoms with E-state index in [0.717, 1.165) is 25.9 Å². The Morgan fingerprint density at radius 1 is 1.32 bits per heavy atom. The largest absolute Gasteiger partial charge is 0.465 e. The molecule has 0 radical (unpaired) electrons. The van der Waals surface area contributed by atoms with Gasteiger partial charge in [0, 0.05) is 6.54 Å². The van der Waals surface area contributed by atoms with Crippen LogP contribution in [-0.2, 0) is 9.53 Å². The Labute approximate surface area is 117 Å². The zero-order valence-electron chi connectivity index (χ0n) is 12.8. The van der Waals surface area contributed by atoms with Crippen LogP contribution in [0.1, 0.15) is 46.5 Å². The molecule has 4 heteroatoms. The van der Waals surface area contributed by atoms with Crippen LogP contribution in [0.3, 0.4) is 0 Å². The lowest BCUT2D eigenvalue weighted by Gasteiger charge is -2.23. The van der Waals surface area contributed by atoms with Crippen molar-refractivity contribution in [3.63, 3.8) is 0 Å². The number of nitrogens with zero attached hydrogens (tertiary/aromatic N) is 1. The zero-order valence-corrected chi connectivity index (χ0v) is 12.8. The molecule has 0 saturated carbocycles. The second kappa shape index (κ2) is 9.32. The topological polar surface area (TPSA) is 41.6 Å². The maximum absolute atomic E-state index is 11.8. The van der Waals surface area contributed by atoms with Crippen LogP contribution in [0, 0.1) is 5.92 Å². The van der Waals surface area contributed by atoms with Crippen molar-refractivity contribution >= 4 is 5.97 Å². The van der Waals surface area contributed by atoms with Crippen molar-refractivity contribution in [2.45, 2.75) is 52.5 Å². The molecule has 0 bridgehead atoms. The van der Waals surface area contributed by atoms with Crippen molar-refractivity contribution in [3.8, 4) is 0 Å². The van der Waals surface area contributed by atoms with Crippen LogP contribution in [-0.4, -0.2) is 49.7 Å². The quantitative estimate of drug-likeness (QED) is 0.651. The molecule has 0 aromatic heterocycles. The van der Waals surface area contributed by atoms with Gasteiger partial charge in [0.25, 0.3) is 0 Å². The molecule has 1 heterocycles. The fourth-order valence-electron chi connectivity index (χ4n) is 2.65. The third-order valence-corrected chi connectivity index (χ3v) is 3.63. The van der Waals surface area contributed by atoms with Gasteiger partial charge in [0.05, 0.1) is 6.61 Å². The minimum atomic E-state index is -0.133. The summed E-state index contributed by atoms with van der Waals surface area (Å²) in [6.07, 6.45) is 4.52. The molecule has 0 spiro atoms. The van der Waals surface area contributed by atoms with Crippen LogP contribution < -0.4 is 5.32 Å². The first kappa shape index (κ1) is 16.4. The van der Waals surface area contributed by atoms with Crippen molar-refractivity contribution in [1.29, 1.82) is 0 Å². The van der Waals surface area contributed by atoms with Crippen LogP contribution in [0.25, 0.3) is 0 Å². The normalized spacial score (nSPS) is 19.3. The molecule has 0 aromatic rings. The second-order valence-electron chi connectivity index (χ2n) is 5.61. The van der Waals surface area contributed by atoms with E-state index in [1.807, 2.05) is 6.92 Å². The van der Waals surface area contributed by atoms with E-state index >= 15 is 0 Å². The monoisotopic (exact) mass is 270 g/mol. The SMILES string of the molecule is CCCC(NCC(C)CN1CCCC1)C(=O)OCC. The molecule has 0 aliphatic carbocycles. The van der Waals surface area contributed by atoms with Gasteiger partial charge < -0.3 is 15.0 Å². The van der Waals surface area contributed by atoms with Gasteiger partial charge in [0.15, 0.2) is 0 Å². The molecule has 112 valence electrons. The Bertz CT molecular complexity index is 253. The second-order valence-corrected chi connectivity index (χ2v) is 5.61. The summed E-state index contributed by atoms with van der Waals surface area (Å²) in [5.74, 6) is 0.476. The fraction of sp³-hybridized carbons (Fsp3) is 0.933. The van der Waals surface area contributed by atoms with E-state index in [1.54, 1.807) is 0 Å². The Hall–Kier alpha value is -0.610. The number of ether oxygens (including phenoxy) is 1. The Morgan fingerprint density at radius 3 is 2.58 bits per heavy atom. The molecule has 0 aromatic carbocycles. The first-order valence-corrected chi connectivity index (χ1v) is 7.79. The van der Waals surface area contributed by atoms with Crippen molar-refractivity contribution < 1.29 is 9.53 Å². The van der Waals surface area contributed by atoms with E-state index in [4.69, 9.17) is 4.74 Å². The summed E-state index contributed by atoms with van der Waals surface area (Å²) in [7, 11) is 0. The van der Waals surface area contributed by atoms with Crippen LogP contribution in [0.15, 0.2) is 0 Å². The number of likely N-dealkylation sites (tertiary alicyclic amines) is 1. The third-order valence-electron chi connectivity index (χ3n) is 3.63. The molecule has 1 N–H and O–H groups in total. The lowest BCUT2D eigenvalue weighted by molar-refractivity contribution is -0.145. The number of esters is 1. The first-order chi connectivity index (χ1) is 9.17. The number of carbonyl (C=O) groups is 1. The molecule has 1 aliphatic heterocycles. The Morgan fingerprint density at radius 2 is 2.00 bits per heavy atom. The van der Waals surface area contributed by atoms with Crippen molar-refractivity contribution in [2.75, 3.05) is 32.8 Å². The summed E-state index contributed by atoms with van der Waals surface area (Å²) in [6.45, 7) is 11.2. The van der Waals surface area contributed by atoms with Gasteiger partial charge in [-0.2, -0.15) is 0 Å². The molecule has 4 nitrogen and oxygen atoms in total. The minimum absolute atomic E-state index is 0.0993. The molecule has 0 amide bonds. The smallest absolute Gasteiger partial charge is 0.323 e. The van der Waals surface area contributed by atoms with E-state index in [9.17, 15) is 4.79 Å². The van der Waals surface area contributed by atoms with Crippen LogP contribution in [0.5, 0.6) is 0 Å². The lowest BCUT2D eigenvalue weighted by Crippen LogP contribution is -2.42. The fourth-order valence-corrected chi connectivity index (χ4v) is 2.65. The molecule has 2 unspecified atom stereocenters. The Balaban J connectivity index is 2.26. The van der Waals surface area contributed by atoms with E-state index in [0.29, 0.717) is 12.5 Å². The molecular formula is C15H30N2O2. The van der Waals surface area contributed by atoms with Crippen molar-refractivity contribution in [3.05, 3.63) is 0 Å². The number of hydrogen-bond acceptors (Lipinski definition) is 4. The molecule has 1 rings (SSSR count). The van der Waals surface area contributed by atoms with Crippen LogP contribution in [0.4, 0.5) is 0 Å². The standard InChI is InChI=1S/C15H30N2O2/c1-4-8-14(15(18)19-5-2)16-11-13(3)12-17-9-6-7-10-17/h13-14,16H,4-12H2,1-3H3. The van der Waals surface area contributed by atoms with E-state index < -0.39 is 0 Å². The van der Waals surface area contributed by atoms with Gasteiger partial charge in [0.2, 0.25) is 0 Å². The zero-order chi connectivity index (χ0) is 14.1. The van der Waals surface area contributed by atoms with Gasteiger partial charge in [-0.15, -0.1) is 0 Å². The number of nitrogens with one attached hydrogen (secondary N) is 1. The maximum atomic E-state index is 11.8. The average Bonchev–Trinajstić information content (AvgIpc) is 2.87. The van der Waals surface area contributed by atoms with E-state index in [-0.39, 0.29) is 12.0 Å². The summed E-state index contributed by atoms with van der Waals surface area (Å²) >= 11 is 0. The van der Waals surface area contributed by atoms with Crippen LogP contribution >= 0.6 is 0 Å². The first-order valence-electron chi connectivity index (χ1n) is 7.79. The van der Waals surface area contributed by atoms with Gasteiger partial charge in [-0.05, 0) is 51.7 Å².